The molecular formula is C52H40Cl2N6O2S2. The van der Waals surface area contributed by atoms with Crippen molar-refractivity contribution >= 4 is 90.2 Å². The number of aromatic carboxylic acids is 1. The number of imidazole rings is 1. The van der Waals surface area contributed by atoms with Gasteiger partial charge in [-0.3, -0.25) is 15.0 Å². The predicted molar refractivity (Wildman–Crippen MR) is 264 cm³/mol. The molecule has 5 aromatic carbocycles. The number of pyridine rings is 2. The van der Waals surface area contributed by atoms with E-state index in [9.17, 15) is 9.90 Å². The van der Waals surface area contributed by atoms with Gasteiger partial charge in [-0.25, -0.2) is 14.8 Å². The molecule has 12 heteroatoms. The maximum absolute atomic E-state index is 13.9. The molecule has 4 aromatic heterocycles. The second-order valence-corrected chi connectivity index (χ2v) is 19.7. The van der Waals surface area contributed by atoms with Crippen LogP contribution >= 0.6 is 46.3 Å². The quantitative estimate of drug-likeness (QED) is 0.162. The zero-order chi connectivity index (χ0) is 43.7. The minimum atomic E-state index is -1.03. The maximum Gasteiger partial charge on any atom is 0.337 e. The summed E-state index contributed by atoms with van der Waals surface area (Å²) in [6.45, 7) is 4.10. The van der Waals surface area contributed by atoms with Crippen LogP contribution < -0.4 is 0 Å². The van der Waals surface area contributed by atoms with Gasteiger partial charge in [-0.05, 0) is 105 Å². The second-order valence-electron chi connectivity index (χ2n) is 16.9. The smallest absolute Gasteiger partial charge is 0.337 e. The molecule has 0 bridgehead atoms. The van der Waals surface area contributed by atoms with E-state index in [1.54, 1.807) is 18.0 Å². The highest BCUT2D eigenvalue weighted by atomic mass is 35.5. The second kappa shape index (κ2) is 16.3. The first-order valence-corrected chi connectivity index (χ1v) is 24.0. The average molecular weight is 916 g/mol. The zero-order valence-electron chi connectivity index (χ0n) is 35.0. The van der Waals surface area contributed by atoms with E-state index in [1.165, 1.54) is 17.8 Å². The van der Waals surface area contributed by atoms with Crippen molar-refractivity contribution in [2.45, 2.75) is 57.5 Å². The fourth-order valence-electron chi connectivity index (χ4n) is 9.35. The summed E-state index contributed by atoms with van der Waals surface area (Å²) < 4.78 is 2.40. The zero-order valence-corrected chi connectivity index (χ0v) is 38.1. The molecule has 0 saturated heterocycles. The minimum Gasteiger partial charge on any atom is -0.478 e. The third-order valence-electron chi connectivity index (χ3n) is 12.6. The van der Waals surface area contributed by atoms with Crippen LogP contribution in [0.5, 0.6) is 0 Å². The van der Waals surface area contributed by atoms with Gasteiger partial charge in [0.1, 0.15) is 16.4 Å². The van der Waals surface area contributed by atoms with Crippen molar-refractivity contribution in [3.05, 3.63) is 154 Å². The number of hydrogen-bond donors (Lipinski definition) is 1. The normalized spacial score (nSPS) is 16.8. The molecule has 1 fully saturated rings. The number of thiazole rings is 1. The van der Waals surface area contributed by atoms with Crippen LogP contribution in [0.2, 0.25) is 10.0 Å². The number of halogens is 2. The van der Waals surface area contributed by atoms with E-state index >= 15 is 0 Å². The summed E-state index contributed by atoms with van der Waals surface area (Å²) >= 11 is 15.7. The molecule has 1 saturated carbocycles. The molecule has 1 N–H and O–H groups in total. The maximum atomic E-state index is 13.9. The molecule has 64 heavy (non-hydrogen) atoms. The van der Waals surface area contributed by atoms with Crippen molar-refractivity contribution in [3.63, 3.8) is 0 Å². The van der Waals surface area contributed by atoms with Gasteiger partial charge in [0.05, 0.1) is 48.9 Å². The van der Waals surface area contributed by atoms with Crippen molar-refractivity contribution in [1.29, 1.82) is 0 Å². The van der Waals surface area contributed by atoms with Crippen LogP contribution in [0, 0.1) is 6.92 Å². The van der Waals surface area contributed by atoms with E-state index in [0.29, 0.717) is 26.7 Å². The van der Waals surface area contributed by atoms with Crippen molar-refractivity contribution in [1.82, 2.24) is 24.5 Å². The summed E-state index contributed by atoms with van der Waals surface area (Å²) in [5.74, 6) is 0.566. The van der Waals surface area contributed by atoms with Crippen molar-refractivity contribution in [2.75, 3.05) is 5.75 Å². The van der Waals surface area contributed by atoms with Gasteiger partial charge in [0.2, 0.25) is 0 Å². The largest absolute Gasteiger partial charge is 0.478 e. The van der Waals surface area contributed by atoms with Gasteiger partial charge in [-0.2, -0.15) is 0 Å². The van der Waals surface area contributed by atoms with Gasteiger partial charge in [0.15, 0.2) is 0 Å². The molecule has 2 aliphatic rings. The van der Waals surface area contributed by atoms with E-state index in [-0.39, 0.29) is 11.6 Å². The SMILES string of the molecule is Cc1nc(-c2ccc(Cl)cc2)sc1-c1cc2c(nc(-c3ccc4nc(C5(C)CSC(c6ccc(Cl)cc6)=N5)ccc4c3)n2C2CCCCC2)c(-c2ccc3ncccc3c2)c1C(=O)O. The van der Waals surface area contributed by atoms with Crippen LogP contribution in [0.15, 0.2) is 126 Å². The molecule has 0 amide bonds. The van der Waals surface area contributed by atoms with Gasteiger partial charge in [-0.1, -0.05) is 84.9 Å². The first-order chi connectivity index (χ1) is 31.1. The first-order valence-electron chi connectivity index (χ1n) is 21.4. The molecule has 5 heterocycles. The molecule has 1 aliphatic heterocycles. The van der Waals surface area contributed by atoms with Gasteiger partial charge in [-0.15, -0.1) is 23.1 Å². The Morgan fingerprint density at radius 1 is 0.766 bits per heavy atom. The summed E-state index contributed by atoms with van der Waals surface area (Å²) in [6.07, 6.45) is 7.17. The van der Waals surface area contributed by atoms with Gasteiger partial charge in [0, 0.05) is 66.6 Å². The lowest BCUT2D eigenvalue weighted by Gasteiger charge is -2.26. The van der Waals surface area contributed by atoms with Crippen LogP contribution in [0.3, 0.4) is 0 Å². The Labute approximate surface area is 388 Å². The Kier molecular flexibility index (Phi) is 10.4. The number of benzene rings is 5. The van der Waals surface area contributed by atoms with E-state index in [2.05, 4.69) is 52.9 Å². The van der Waals surface area contributed by atoms with Crippen molar-refractivity contribution < 1.29 is 9.90 Å². The number of aromatic nitrogens is 5. The summed E-state index contributed by atoms with van der Waals surface area (Å²) in [5.41, 5.74) is 9.53. The standard InChI is InChI=1S/C52H40Cl2N6O2S2/c1-29-47(64-49(56-29)30-10-17-36(53)18-11-30)39-27-42-46(44(45(39)51(61)62)34-14-21-40-32(25-34)7-6-24-55-40)58-48(60(42)38-8-4-3-5-9-38)35-15-22-41-33(26-35)16-23-43(57-41)52(2)28-63-50(59-52)31-12-19-37(54)20-13-31/h6-7,10-27,38H,3-5,8-9,28H2,1-2H3,(H,61,62). The Hall–Kier alpha value is -5.91. The highest BCUT2D eigenvalue weighted by molar-refractivity contribution is 8.14. The molecule has 1 atom stereocenters. The number of hydrogen-bond acceptors (Lipinski definition) is 8. The lowest BCUT2D eigenvalue weighted by Crippen LogP contribution is -2.20. The molecule has 0 radical (unpaired) electrons. The van der Waals surface area contributed by atoms with E-state index < -0.39 is 11.5 Å². The molecule has 8 nitrogen and oxygen atoms in total. The third kappa shape index (κ3) is 7.26. The Bertz CT molecular complexity index is 3360. The Balaban J connectivity index is 1.11. The number of thioether (sulfide) groups is 1. The third-order valence-corrected chi connectivity index (χ3v) is 15.6. The van der Waals surface area contributed by atoms with E-state index in [1.807, 2.05) is 85.8 Å². The number of carboxylic acid groups (broad SMARTS) is 1. The number of carbonyl (C=O) groups is 1. The average Bonchev–Trinajstić information content (AvgIpc) is 4.03. The Morgan fingerprint density at radius 3 is 2.22 bits per heavy atom. The van der Waals surface area contributed by atoms with Crippen LogP contribution in [-0.2, 0) is 5.54 Å². The van der Waals surface area contributed by atoms with Gasteiger partial charge < -0.3 is 9.67 Å². The molecular weight excluding hydrogens is 876 g/mol. The molecule has 316 valence electrons. The number of aryl methyl sites for hydroxylation is 1. The van der Waals surface area contributed by atoms with Crippen LogP contribution in [0.1, 0.15) is 72.4 Å². The molecule has 0 spiro atoms. The highest BCUT2D eigenvalue weighted by Gasteiger charge is 2.35. The monoisotopic (exact) mass is 914 g/mol. The molecule has 1 unspecified atom stereocenters. The topological polar surface area (TPSA) is 106 Å². The molecule has 11 rings (SSSR count). The number of carboxylic acids is 1. The first kappa shape index (κ1) is 40.8. The number of fused-ring (bicyclic) bond motifs is 3. The van der Waals surface area contributed by atoms with E-state index in [4.69, 9.17) is 43.1 Å². The van der Waals surface area contributed by atoms with E-state index in [0.717, 1.165) is 113 Å². The minimum absolute atomic E-state index is 0.168. The van der Waals surface area contributed by atoms with Gasteiger partial charge in [0.25, 0.3) is 0 Å². The summed E-state index contributed by atoms with van der Waals surface area (Å²) in [7, 11) is 0. The lowest BCUT2D eigenvalue weighted by molar-refractivity contribution is 0.0698. The van der Waals surface area contributed by atoms with Crippen LogP contribution in [0.4, 0.5) is 0 Å². The molecule has 9 aromatic rings. The van der Waals surface area contributed by atoms with Crippen molar-refractivity contribution in [2.24, 2.45) is 4.99 Å². The van der Waals surface area contributed by atoms with Crippen LogP contribution in [0.25, 0.3) is 76.4 Å². The van der Waals surface area contributed by atoms with Crippen LogP contribution in [-0.4, -0.2) is 46.4 Å². The Morgan fingerprint density at radius 2 is 1.45 bits per heavy atom. The number of nitrogens with zero attached hydrogens (tertiary/aromatic N) is 6. The fraction of sp³-hybridized carbons (Fsp3) is 0.192. The number of aliphatic imine (C=N–C) groups is 1. The summed E-state index contributed by atoms with van der Waals surface area (Å²) in [6, 6.07) is 38.2. The van der Waals surface area contributed by atoms with Gasteiger partial charge >= 0.3 is 5.97 Å². The number of rotatable bonds is 8. The summed E-state index contributed by atoms with van der Waals surface area (Å²) in [5, 5.41) is 16.4. The lowest BCUT2D eigenvalue weighted by atomic mass is 9.91. The van der Waals surface area contributed by atoms with Crippen molar-refractivity contribution in [3.8, 4) is 43.5 Å². The molecule has 1 aliphatic carbocycles. The fourth-order valence-corrected chi connectivity index (χ4v) is 11.9. The predicted octanol–water partition coefficient (Wildman–Crippen LogP) is 14.5. The highest BCUT2D eigenvalue weighted by Crippen LogP contribution is 2.47. The summed E-state index contributed by atoms with van der Waals surface area (Å²) in [4.78, 5) is 40.2.